The van der Waals surface area contributed by atoms with Crippen LogP contribution >= 0.6 is 11.6 Å². The quantitative estimate of drug-likeness (QED) is 0.340. The summed E-state index contributed by atoms with van der Waals surface area (Å²) in [5.41, 5.74) is 1.36. The number of halogens is 1. The molecule has 2 atom stereocenters. The molecule has 2 amide bonds. The summed E-state index contributed by atoms with van der Waals surface area (Å²) < 4.78 is 34.4. The van der Waals surface area contributed by atoms with Gasteiger partial charge in [0.25, 0.3) is 15.9 Å². The van der Waals surface area contributed by atoms with Gasteiger partial charge in [0.15, 0.2) is 0 Å². The fourth-order valence-corrected chi connectivity index (χ4v) is 6.58. The van der Waals surface area contributed by atoms with Crippen molar-refractivity contribution in [3.63, 3.8) is 0 Å². The molecule has 1 aromatic heterocycles. The number of benzene rings is 3. The van der Waals surface area contributed by atoms with Gasteiger partial charge in [-0.1, -0.05) is 74.0 Å². The van der Waals surface area contributed by atoms with Crippen molar-refractivity contribution in [2.45, 2.75) is 37.8 Å². The van der Waals surface area contributed by atoms with E-state index < -0.39 is 16.1 Å². The van der Waals surface area contributed by atoms with E-state index >= 15 is 0 Å². The SMILES string of the molecule is CC[C@@H](C)C(=O)N[C@H]1COc2ccccc2N(Cc2c(Cl)n(S(=O)(=O)c3ccccc3)c3ccccc23)C1=O. The average molecular weight is 566 g/mol. The maximum absolute atomic E-state index is 13.9. The Morgan fingerprint density at radius 3 is 2.46 bits per heavy atom. The zero-order chi connectivity index (χ0) is 27.7. The molecule has 4 aromatic rings. The molecule has 0 saturated heterocycles. The second-order valence-electron chi connectivity index (χ2n) is 9.44. The third-order valence-corrected chi connectivity index (χ3v) is 9.20. The van der Waals surface area contributed by atoms with Crippen molar-refractivity contribution in [2.75, 3.05) is 11.5 Å². The predicted molar refractivity (Wildman–Crippen MR) is 150 cm³/mol. The van der Waals surface area contributed by atoms with Crippen LogP contribution in [-0.4, -0.2) is 36.9 Å². The number of anilines is 1. The van der Waals surface area contributed by atoms with Crippen molar-refractivity contribution in [1.82, 2.24) is 9.29 Å². The van der Waals surface area contributed by atoms with E-state index in [1.807, 2.05) is 6.92 Å². The largest absolute Gasteiger partial charge is 0.489 e. The molecule has 3 aromatic carbocycles. The molecule has 10 heteroatoms. The second-order valence-corrected chi connectivity index (χ2v) is 11.6. The number of rotatable bonds is 7. The lowest BCUT2D eigenvalue weighted by molar-refractivity contribution is -0.130. The lowest BCUT2D eigenvalue weighted by atomic mass is 10.1. The van der Waals surface area contributed by atoms with E-state index in [-0.39, 0.29) is 40.9 Å². The van der Waals surface area contributed by atoms with Crippen molar-refractivity contribution in [3.8, 4) is 5.75 Å². The van der Waals surface area contributed by atoms with E-state index in [4.69, 9.17) is 16.3 Å². The normalized spacial score (nSPS) is 16.3. The van der Waals surface area contributed by atoms with Crippen LogP contribution in [0.4, 0.5) is 5.69 Å². The Morgan fingerprint density at radius 1 is 1.05 bits per heavy atom. The highest BCUT2D eigenvalue weighted by Crippen LogP contribution is 2.38. The van der Waals surface area contributed by atoms with E-state index in [0.717, 1.165) is 3.97 Å². The van der Waals surface area contributed by atoms with E-state index in [1.54, 1.807) is 73.7 Å². The van der Waals surface area contributed by atoms with Gasteiger partial charge >= 0.3 is 0 Å². The smallest absolute Gasteiger partial charge is 0.269 e. The Kier molecular flexibility index (Phi) is 7.38. The highest BCUT2D eigenvalue weighted by Gasteiger charge is 2.35. The summed E-state index contributed by atoms with van der Waals surface area (Å²) in [4.78, 5) is 28.2. The van der Waals surface area contributed by atoms with Crippen molar-refractivity contribution in [3.05, 3.63) is 89.6 Å². The first-order chi connectivity index (χ1) is 18.7. The van der Waals surface area contributed by atoms with Crippen molar-refractivity contribution < 1.29 is 22.7 Å². The van der Waals surface area contributed by atoms with Crippen LogP contribution < -0.4 is 15.0 Å². The van der Waals surface area contributed by atoms with Gasteiger partial charge in [0.1, 0.15) is 23.6 Å². The predicted octanol–water partition coefficient (Wildman–Crippen LogP) is 4.99. The fraction of sp³-hybridized carbons (Fsp3) is 0.241. The summed E-state index contributed by atoms with van der Waals surface area (Å²) in [5, 5.41) is 3.40. The van der Waals surface area contributed by atoms with Gasteiger partial charge in [-0.3, -0.25) is 9.59 Å². The maximum atomic E-state index is 13.9. The van der Waals surface area contributed by atoms with Gasteiger partial charge in [0.2, 0.25) is 5.91 Å². The molecule has 1 aliphatic rings. The van der Waals surface area contributed by atoms with Crippen LogP contribution in [0.5, 0.6) is 5.75 Å². The molecule has 2 heterocycles. The molecular formula is C29H28ClN3O5S. The Balaban J connectivity index is 1.62. The van der Waals surface area contributed by atoms with Gasteiger partial charge in [0.05, 0.1) is 22.6 Å². The number of para-hydroxylation sites is 3. The standard InChI is InChI=1S/C29H28ClN3O5S/c1-3-19(2)28(34)31-23-18-38-26-16-10-9-15-25(26)32(29(23)35)17-22-21-13-7-8-14-24(21)33(27(22)30)39(36,37)20-11-5-4-6-12-20/h4-16,19,23H,3,17-18H2,1-2H3,(H,31,34)/t19-,23+/m1/s1. The number of amides is 2. The number of nitrogens with zero attached hydrogens (tertiary/aromatic N) is 2. The number of aromatic nitrogens is 1. The first-order valence-electron chi connectivity index (χ1n) is 12.7. The molecule has 0 bridgehead atoms. The van der Waals surface area contributed by atoms with Gasteiger partial charge in [-0.05, 0) is 36.8 Å². The van der Waals surface area contributed by atoms with Gasteiger partial charge in [-0.2, -0.15) is 0 Å². The average Bonchev–Trinajstić information content (AvgIpc) is 3.17. The van der Waals surface area contributed by atoms with E-state index in [0.29, 0.717) is 34.3 Å². The highest BCUT2D eigenvalue weighted by atomic mass is 35.5. The second kappa shape index (κ2) is 10.7. The molecule has 202 valence electrons. The van der Waals surface area contributed by atoms with Gasteiger partial charge < -0.3 is 15.0 Å². The molecule has 5 rings (SSSR count). The summed E-state index contributed by atoms with van der Waals surface area (Å²) >= 11 is 6.85. The topological polar surface area (TPSA) is 97.7 Å². The molecule has 0 aliphatic carbocycles. The number of hydrogen-bond acceptors (Lipinski definition) is 5. The lowest BCUT2D eigenvalue weighted by Crippen LogP contribution is -2.51. The molecule has 1 N–H and O–H groups in total. The van der Waals surface area contributed by atoms with Crippen LogP contribution in [0.3, 0.4) is 0 Å². The van der Waals surface area contributed by atoms with Crippen LogP contribution in [0.1, 0.15) is 25.8 Å². The Hall–Kier alpha value is -3.82. The molecule has 0 fully saturated rings. The minimum Gasteiger partial charge on any atom is -0.489 e. The third-order valence-electron chi connectivity index (χ3n) is 6.98. The Bertz CT molecular complexity index is 1650. The van der Waals surface area contributed by atoms with E-state index in [2.05, 4.69) is 5.32 Å². The van der Waals surface area contributed by atoms with Crippen LogP contribution in [0.15, 0.2) is 83.8 Å². The van der Waals surface area contributed by atoms with Gasteiger partial charge in [0, 0.05) is 16.9 Å². The number of carbonyl (C=O) groups excluding carboxylic acids is 2. The van der Waals surface area contributed by atoms with E-state index in [1.165, 1.54) is 17.0 Å². The molecule has 1 aliphatic heterocycles. The first-order valence-corrected chi connectivity index (χ1v) is 14.5. The number of hydrogen-bond donors (Lipinski definition) is 1. The minimum absolute atomic E-state index is 0.0179. The van der Waals surface area contributed by atoms with Crippen molar-refractivity contribution in [1.29, 1.82) is 0 Å². The zero-order valence-electron chi connectivity index (χ0n) is 21.5. The number of fused-ring (bicyclic) bond motifs is 2. The Morgan fingerprint density at radius 2 is 1.72 bits per heavy atom. The van der Waals surface area contributed by atoms with Crippen LogP contribution in [0, 0.1) is 5.92 Å². The molecular weight excluding hydrogens is 538 g/mol. The molecule has 0 saturated carbocycles. The lowest BCUT2D eigenvalue weighted by Gasteiger charge is -2.25. The number of ether oxygens (including phenoxy) is 1. The maximum Gasteiger partial charge on any atom is 0.269 e. The summed E-state index contributed by atoms with van der Waals surface area (Å²) in [5.74, 6) is -0.417. The molecule has 39 heavy (non-hydrogen) atoms. The third kappa shape index (κ3) is 4.88. The van der Waals surface area contributed by atoms with Gasteiger partial charge in [-0.25, -0.2) is 12.4 Å². The monoisotopic (exact) mass is 565 g/mol. The van der Waals surface area contributed by atoms with Gasteiger partial charge in [-0.15, -0.1) is 0 Å². The van der Waals surface area contributed by atoms with Crippen molar-refractivity contribution >= 4 is 50.0 Å². The number of carbonyl (C=O) groups is 2. The van der Waals surface area contributed by atoms with Crippen LogP contribution in [0.2, 0.25) is 5.15 Å². The van der Waals surface area contributed by atoms with E-state index in [9.17, 15) is 18.0 Å². The summed E-state index contributed by atoms with van der Waals surface area (Å²) in [6.45, 7) is 3.63. The van der Waals surface area contributed by atoms with Crippen molar-refractivity contribution in [2.24, 2.45) is 5.92 Å². The first kappa shape index (κ1) is 26.8. The zero-order valence-corrected chi connectivity index (χ0v) is 23.1. The fourth-order valence-electron chi connectivity index (χ4n) is 4.61. The summed E-state index contributed by atoms with van der Waals surface area (Å²) in [6, 6.07) is 21.2. The Labute approximate surface area is 232 Å². The summed E-state index contributed by atoms with van der Waals surface area (Å²) in [7, 11) is -4.04. The number of nitrogens with one attached hydrogen (secondary N) is 1. The minimum atomic E-state index is -4.04. The van der Waals surface area contributed by atoms with Crippen LogP contribution in [0.25, 0.3) is 10.9 Å². The van der Waals surface area contributed by atoms with Crippen LogP contribution in [-0.2, 0) is 26.2 Å². The molecule has 0 unspecified atom stereocenters. The molecule has 8 nitrogen and oxygen atoms in total. The molecule has 0 radical (unpaired) electrons. The molecule has 0 spiro atoms. The highest BCUT2D eigenvalue weighted by molar-refractivity contribution is 7.90. The summed E-state index contributed by atoms with van der Waals surface area (Å²) in [6.07, 6.45) is 0.628.